The lowest BCUT2D eigenvalue weighted by Gasteiger charge is -2.41. The Morgan fingerprint density at radius 2 is 0.690 bits per heavy atom. The molecule has 5 heterocycles. The summed E-state index contributed by atoms with van der Waals surface area (Å²) in [4.78, 5) is 19.2. The molecule has 0 atom stereocenters. The lowest BCUT2D eigenvalue weighted by molar-refractivity contribution is 0.632. The predicted molar refractivity (Wildman–Crippen MR) is 298 cm³/mol. The van der Waals surface area contributed by atoms with E-state index in [0.717, 1.165) is 60.4 Å². The largest absolute Gasteiger partial charge is 0.278 e. The van der Waals surface area contributed by atoms with Crippen LogP contribution in [-0.2, 0) is 5.41 Å². The molecule has 0 fully saturated rings. The summed E-state index contributed by atoms with van der Waals surface area (Å²) < 4.78 is 6.92. The third kappa shape index (κ3) is 5.33. The molecule has 0 unspecified atom stereocenters. The molecule has 11 aromatic carbocycles. The van der Waals surface area contributed by atoms with Gasteiger partial charge >= 0.3 is 0 Å². The standard InChI is InChI=1S/C64H40N6S/c1-64(2)51-31-37-17-3-4-18-38(37)32-57(51)70(58-36-60-50(34-52(58)64)49-33-47-41-21-7-5-19-39(41)40-20-6-8-22-42(40)48(47)35-59(49)71-60)63-66-61(68-53-27-13-9-23-43(53)44-24-10-14-28-54(44)68)65-62(67-63)69-55-29-15-11-25-45(55)46-26-12-16-30-56(46)69/h3-36H,1-2H3. The Morgan fingerprint density at radius 3 is 1.21 bits per heavy atom. The van der Waals surface area contributed by atoms with Gasteiger partial charge in [0.2, 0.25) is 17.8 Å². The van der Waals surface area contributed by atoms with E-state index >= 15 is 0 Å². The van der Waals surface area contributed by atoms with Gasteiger partial charge in [0.1, 0.15) is 0 Å². The third-order valence-corrected chi connectivity index (χ3v) is 16.6. The number of rotatable bonds is 3. The van der Waals surface area contributed by atoms with Gasteiger partial charge in [0.15, 0.2) is 0 Å². The van der Waals surface area contributed by atoms with Gasteiger partial charge in [-0.3, -0.25) is 14.0 Å². The van der Waals surface area contributed by atoms with E-state index in [1.807, 2.05) is 11.3 Å². The third-order valence-electron chi connectivity index (χ3n) is 15.5. The predicted octanol–water partition coefficient (Wildman–Crippen LogP) is 17.2. The fourth-order valence-electron chi connectivity index (χ4n) is 12.2. The minimum Gasteiger partial charge on any atom is -0.278 e. The molecule has 0 saturated heterocycles. The van der Waals surface area contributed by atoms with E-state index < -0.39 is 5.41 Å². The Bertz CT molecular complexity index is 4580. The Labute approximate surface area is 410 Å². The Balaban J connectivity index is 1.03. The molecule has 1 aliphatic heterocycles. The highest BCUT2D eigenvalue weighted by molar-refractivity contribution is 7.26. The number of fused-ring (bicyclic) bond motifs is 18. The summed E-state index contributed by atoms with van der Waals surface area (Å²) in [6, 6.07) is 75.3. The van der Waals surface area contributed by atoms with E-state index in [1.165, 1.54) is 69.0 Å². The van der Waals surface area contributed by atoms with Crippen LogP contribution in [0.4, 0.5) is 17.3 Å². The Hall–Kier alpha value is -8.91. The smallest absolute Gasteiger partial charge is 0.241 e. The highest BCUT2D eigenvalue weighted by Crippen LogP contribution is 2.55. The molecule has 0 radical (unpaired) electrons. The first-order valence-electron chi connectivity index (χ1n) is 24.3. The van der Waals surface area contributed by atoms with Gasteiger partial charge in [-0.1, -0.05) is 159 Å². The van der Waals surface area contributed by atoms with Crippen LogP contribution in [0.3, 0.4) is 0 Å². The van der Waals surface area contributed by atoms with E-state index in [4.69, 9.17) is 15.0 Å². The monoisotopic (exact) mass is 924 g/mol. The van der Waals surface area contributed by atoms with Gasteiger partial charge in [-0.05, 0) is 115 Å². The quantitative estimate of drug-likeness (QED) is 0.166. The summed E-state index contributed by atoms with van der Waals surface area (Å²) in [6.07, 6.45) is 0. The zero-order chi connectivity index (χ0) is 46.7. The maximum Gasteiger partial charge on any atom is 0.241 e. The highest BCUT2D eigenvalue weighted by Gasteiger charge is 2.40. The van der Waals surface area contributed by atoms with Crippen molar-refractivity contribution in [1.82, 2.24) is 24.1 Å². The summed E-state index contributed by atoms with van der Waals surface area (Å²) in [5.74, 6) is 1.64. The van der Waals surface area contributed by atoms with Crippen molar-refractivity contribution < 1.29 is 0 Å². The molecule has 0 amide bonds. The molecule has 4 aromatic heterocycles. The number of hydrogen-bond donors (Lipinski definition) is 0. The van der Waals surface area contributed by atoms with Crippen molar-refractivity contribution in [1.29, 1.82) is 0 Å². The Morgan fingerprint density at radius 1 is 0.324 bits per heavy atom. The van der Waals surface area contributed by atoms with Crippen molar-refractivity contribution in [3.63, 3.8) is 0 Å². The van der Waals surface area contributed by atoms with Gasteiger partial charge in [0.05, 0.1) is 33.4 Å². The van der Waals surface area contributed by atoms with Gasteiger partial charge < -0.3 is 0 Å². The maximum atomic E-state index is 5.67. The summed E-state index contributed by atoms with van der Waals surface area (Å²) in [5, 5.41) is 17.1. The van der Waals surface area contributed by atoms with E-state index in [2.05, 4.69) is 234 Å². The van der Waals surface area contributed by atoms with Crippen LogP contribution in [-0.4, -0.2) is 24.1 Å². The molecule has 6 nitrogen and oxygen atoms in total. The summed E-state index contributed by atoms with van der Waals surface area (Å²) >= 11 is 1.86. The van der Waals surface area contributed by atoms with Gasteiger partial charge in [-0.2, -0.15) is 15.0 Å². The van der Waals surface area contributed by atoms with E-state index in [-0.39, 0.29) is 0 Å². The molecule has 0 spiro atoms. The van der Waals surface area contributed by atoms with Crippen LogP contribution in [0.25, 0.3) is 119 Å². The molecule has 71 heavy (non-hydrogen) atoms. The van der Waals surface area contributed by atoms with Crippen LogP contribution in [0.5, 0.6) is 0 Å². The van der Waals surface area contributed by atoms with Crippen LogP contribution >= 0.6 is 11.3 Å². The molecule has 1 aliphatic rings. The van der Waals surface area contributed by atoms with Crippen LogP contribution in [0.2, 0.25) is 0 Å². The van der Waals surface area contributed by atoms with Gasteiger partial charge in [-0.15, -0.1) is 11.3 Å². The van der Waals surface area contributed by atoms with Gasteiger partial charge in [-0.25, -0.2) is 0 Å². The minimum absolute atomic E-state index is 0.397. The molecule has 7 heteroatoms. The van der Waals surface area contributed by atoms with Crippen LogP contribution in [0, 0.1) is 0 Å². The number of anilines is 3. The molecule has 0 aliphatic carbocycles. The van der Waals surface area contributed by atoms with Gasteiger partial charge in [0, 0.05) is 47.1 Å². The van der Waals surface area contributed by atoms with Crippen LogP contribution < -0.4 is 4.90 Å². The molecule has 16 rings (SSSR count). The van der Waals surface area contributed by atoms with Crippen molar-refractivity contribution in [3.05, 3.63) is 217 Å². The first-order chi connectivity index (χ1) is 35.0. The number of benzene rings is 11. The lowest BCUT2D eigenvalue weighted by Crippen LogP contribution is -2.32. The van der Waals surface area contributed by atoms with E-state index in [1.54, 1.807) is 0 Å². The van der Waals surface area contributed by atoms with E-state index in [9.17, 15) is 0 Å². The zero-order valence-corrected chi connectivity index (χ0v) is 39.5. The number of nitrogens with zero attached hydrogens (tertiary/aromatic N) is 6. The second kappa shape index (κ2) is 14.1. The molecule has 0 N–H and O–H groups in total. The second-order valence-electron chi connectivity index (χ2n) is 19.6. The van der Waals surface area contributed by atoms with Crippen molar-refractivity contribution in [2.24, 2.45) is 0 Å². The topological polar surface area (TPSA) is 51.8 Å². The molecule has 332 valence electrons. The van der Waals surface area contributed by atoms with Crippen molar-refractivity contribution in [2.75, 3.05) is 4.90 Å². The molecule has 0 bridgehead atoms. The summed E-state index contributed by atoms with van der Waals surface area (Å²) in [5.41, 5.74) is 8.27. The highest BCUT2D eigenvalue weighted by atomic mass is 32.1. The number of aromatic nitrogens is 5. The molecule has 15 aromatic rings. The van der Waals surface area contributed by atoms with Crippen molar-refractivity contribution in [2.45, 2.75) is 19.3 Å². The fourth-order valence-corrected chi connectivity index (χ4v) is 13.4. The second-order valence-corrected chi connectivity index (χ2v) is 20.7. The summed E-state index contributed by atoms with van der Waals surface area (Å²) in [6.45, 7) is 4.76. The number of thiophene rings is 1. The minimum atomic E-state index is -0.397. The average Bonchev–Trinajstić information content (AvgIpc) is 4.07. The van der Waals surface area contributed by atoms with Crippen LogP contribution in [0.15, 0.2) is 206 Å². The number of para-hydroxylation sites is 4. The molecular formula is C64H40N6S. The maximum absolute atomic E-state index is 5.67. The Kier molecular flexibility index (Phi) is 7.74. The first kappa shape index (κ1) is 39.0. The average molecular weight is 925 g/mol. The molecular weight excluding hydrogens is 885 g/mol. The first-order valence-corrected chi connectivity index (χ1v) is 25.1. The van der Waals surface area contributed by atoms with E-state index in [0.29, 0.717) is 17.8 Å². The fraction of sp³-hybridized carbons (Fsp3) is 0.0469. The zero-order valence-electron chi connectivity index (χ0n) is 38.7. The van der Waals surface area contributed by atoms with Gasteiger partial charge in [0.25, 0.3) is 0 Å². The summed E-state index contributed by atoms with van der Waals surface area (Å²) in [7, 11) is 0. The number of hydrogen-bond acceptors (Lipinski definition) is 5. The van der Waals surface area contributed by atoms with Crippen molar-refractivity contribution >= 4 is 136 Å². The molecule has 0 saturated carbocycles. The SMILES string of the molecule is CC1(C)c2cc3ccccc3cc2N(c2nc(-n3c4ccccc4c4ccccc43)nc(-n3c4ccccc4c4ccccc43)n2)c2cc3sc4cc5c6ccccc6c6ccccc6c5cc4c3cc21. The lowest BCUT2D eigenvalue weighted by atomic mass is 9.72. The normalized spacial score (nSPS) is 13.6. The van der Waals surface area contributed by atoms with Crippen LogP contribution in [0.1, 0.15) is 25.0 Å². The van der Waals surface area contributed by atoms with Crippen molar-refractivity contribution in [3.8, 4) is 11.9 Å².